The second kappa shape index (κ2) is 5.53. The highest BCUT2D eigenvalue weighted by Gasteiger charge is 1.93. The summed E-state index contributed by atoms with van der Waals surface area (Å²) < 4.78 is 3.18. The van der Waals surface area contributed by atoms with Crippen molar-refractivity contribution in [1.29, 1.82) is 0 Å². The highest BCUT2D eigenvalue weighted by Crippen LogP contribution is 2.03. The zero-order valence-corrected chi connectivity index (χ0v) is 9.20. The minimum absolute atomic E-state index is 0.802. The minimum Gasteiger partial charge on any atom is -0.330 e. The van der Waals surface area contributed by atoms with Gasteiger partial charge in [-0.1, -0.05) is 6.42 Å². The lowest BCUT2D eigenvalue weighted by Gasteiger charge is -1.99. The molecule has 0 bridgehead atoms. The highest BCUT2D eigenvalue weighted by atomic mass is 127. The summed E-state index contributed by atoms with van der Waals surface area (Å²) in [6, 6.07) is 0. The summed E-state index contributed by atoms with van der Waals surface area (Å²) in [6.45, 7) is 1.82. The quantitative estimate of drug-likeness (QED) is 0.657. The van der Waals surface area contributed by atoms with Crippen LogP contribution < -0.4 is 5.73 Å². The van der Waals surface area contributed by atoms with Crippen LogP contribution in [0, 0.1) is 3.57 Å². The van der Waals surface area contributed by atoms with E-state index in [1.807, 2.05) is 10.9 Å². The average molecular weight is 279 g/mol. The van der Waals surface area contributed by atoms with Gasteiger partial charge in [0.2, 0.25) is 0 Å². The molecule has 0 saturated carbocycles. The Labute approximate surface area is 86.5 Å². The molecule has 2 N–H and O–H groups in total. The topological polar surface area (TPSA) is 43.8 Å². The predicted octanol–water partition coefficient (Wildman–Crippen LogP) is 1.62. The highest BCUT2D eigenvalue weighted by molar-refractivity contribution is 14.1. The van der Waals surface area contributed by atoms with E-state index >= 15 is 0 Å². The molecule has 0 aromatic carbocycles. The van der Waals surface area contributed by atoms with E-state index < -0.39 is 0 Å². The number of aromatic nitrogens is 2. The molecule has 1 rings (SSSR count). The molecule has 1 heterocycles. The number of rotatable bonds is 5. The molecule has 1 aromatic heterocycles. The van der Waals surface area contributed by atoms with Crippen molar-refractivity contribution in [1.82, 2.24) is 9.78 Å². The summed E-state index contributed by atoms with van der Waals surface area (Å²) in [6.07, 6.45) is 7.44. The first-order valence-corrected chi connectivity index (χ1v) is 5.29. The van der Waals surface area contributed by atoms with E-state index in [9.17, 15) is 0 Å². The van der Waals surface area contributed by atoms with Gasteiger partial charge in [0.25, 0.3) is 0 Å². The van der Waals surface area contributed by atoms with Crippen molar-refractivity contribution in [2.75, 3.05) is 6.54 Å². The Hall–Kier alpha value is -0.100. The molecule has 0 unspecified atom stereocenters. The molecule has 0 amide bonds. The Balaban J connectivity index is 2.15. The van der Waals surface area contributed by atoms with Gasteiger partial charge < -0.3 is 5.73 Å². The SMILES string of the molecule is NCCCCCn1cc(I)cn1. The number of nitrogens with two attached hydrogens (primary N) is 1. The van der Waals surface area contributed by atoms with E-state index in [2.05, 4.69) is 33.9 Å². The molecule has 0 atom stereocenters. The first kappa shape index (κ1) is 9.98. The second-order valence-corrected chi connectivity index (χ2v) is 4.02. The van der Waals surface area contributed by atoms with Gasteiger partial charge in [-0.05, 0) is 42.0 Å². The van der Waals surface area contributed by atoms with Crippen LogP contribution in [-0.2, 0) is 6.54 Å². The molecule has 0 saturated heterocycles. The van der Waals surface area contributed by atoms with Gasteiger partial charge in [-0.3, -0.25) is 4.68 Å². The summed E-state index contributed by atoms with van der Waals surface area (Å²) in [5.74, 6) is 0. The van der Waals surface area contributed by atoms with Gasteiger partial charge in [0.05, 0.1) is 9.77 Å². The van der Waals surface area contributed by atoms with Crippen LogP contribution in [0.1, 0.15) is 19.3 Å². The van der Waals surface area contributed by atoms with Crippen molar-refractivity contribution in [2.45, 2.75) is 25.8 Å². The smallest absolute Gasteiger partial charge is 0.0623 e. The van der Waals surface area contributed by atoms with Crippen LogP contribution in [0.4, 0.5) is 0 Å². The number of aryl methyl sites for hydroxylation is 1. The van der Waals surface area contributed by atoms with Crippen molar-refractivity contribution in [3.05, 3.63) is 16.0 Å². The molecule has 4 heteroatoms. The van der Waals surface area contributed by atoms with E-state index in [0.29, 0.717) is 0 Å². The fraction of sp³-hybridized carbons (Fsp3) is 0.625. The van der Waals surface area contributed by atoms with Gasteiger partial charge in [-0.15, -0.1) is 0 Å². The molecule has 0 aliphatic carbocycles. The Morgan fingerprint density at radius 3 is 2.83 bits per heavy atom. The van der Waals surface area contributed by atoms with Crippen molar-refractivity contribution in [2.24, 2.45) is 5.73 Å². The van der Waals surface area contributed by atoms with Crippen LogP contribution in [-0.4, -0.2) is 16.3 Å². The molecular formula is C8H14IN3. The lowest BCUT2D eigenvalue weighted by Crippen LogP contribution is -2.01. The van der Waals surface area contributed by atoms with E-state index in [-0.39, 0.29) is 0 Å². The van der Waals surface area contributed by atoms with Crippen molar-refractivity contribution < 1.29 is 0 Å². The summed E-state index contributed by atoms with van der Waals surface area (Å²) in [5.41, 5.74) is 5.39. The van der Waals surface area contributed by atoms with Gasteiger partial charge >= 0.3 is 0 Å². The lowest BCUT2D eigenvalue weighted by molar-refractivity contribution is 0.546. The van der Waals surface area contributed by atoms with Gasteiger partial charge in [0, 0.05) is 12.7 Å². The van der Waals surface area contributed by atoms with Crippen LogP contribution >= 0.6 is 22.6 Å². The molecule has 0 aliphatic heterocycles. The normalized spacial score (nSPS) is 10.5. The maximum Gasteiger partial charge on any atom is 0.0623 e. The van der Waals surface area contributed by atoms with Crippen molar-refractivity contribution in [3.63, 3.8) is 0 Å². The first-order chi connectivity index (χ1) is 5.83. The number of nitrogens with zero attached hydrogens (tertiary/aromatic N) is 2. The monoisotopic (exact) mass is 279 g/mol. The molecule has 0 aliphatic rings. The molecule has 0 fully saturated rings. The molecule has 0 spiro atoms. The number of halogens is 1. The van der Waals surface area contributed by atoms with Crippen LogP contribution in [0.5, 0.6) is 0 Å². The summed E-state index contributed by atoms with van der Waals surface area (Å²) in [7, 11) is 0. The van der Waals surface area contributed by atoms with Gasteiger partial charge in [-0.2, -0.15) is 5.10 Å². The van der Waals surface area contributed by atoms with E-state index in [1.165, 1.54) is 16.4 Å². The summed E-state index contributed by atoms with van der Waals surface area (Å²) >= 11 is 2.27. The molecule has 12 heavy (non-hydrogen) atoms. The molecular weight excluding hydrogens is 265 g/mol. The largest absolute Gasteiger partial charge is 0.330 e. The van der Waals surface area contributed by atoms with Gasteiger partial charge in [0.1, 0.15) is 0 Å². The van der Waals surface area contributed by atoms with Crippen LogP contribution in [0.2, 0.25) is 0 Å². The van der Waals surface area contributed by atoms with Crippen LogP contribution in [0.3, 0.4) is 0 Å². The number of hydrogen-bond donors (Lipinski definition) is 1. The van der Waals surface area contributed by atoms with Crippen LogP contribution in [0.15, 0.2) is 12.4 Å². The first-order valence-electron chi connectivity index (χ1n) is 4.21. The van der Waals surface area contributed by atoms with Gasteiger partial charge in [-0.25, -0.2) is 0 Å². The standard InChI is InChI=1S/C8H14IN3/c9-8-6-11-12(7-8)5-3-1-2-4-10/h6-7H,1-5,10H2. The van der Waals surface area contributed by atoms with Crippen molar-refractivity contribution >= 4 is 22.6 Å². The molecule has 3 nitrogen and oxygen atoms in total. The Morgan fingerprint density at radius 1 is 1.42 bits per heavy atom. The van der Waals surface area contributed by atoms with E-state index in [1.54, 1.807) is 0 Å². The number of unbranched alkanes of at least 4 members (excludes halogenated alkanes) is 2. The Kier molecular flexibility index (Phi) is 4.60. The minimum atomic E-state index is 0.802. The lowest BCUT2D eigenvalue weighted by atomic mass is 10.2. The average Bonchev–Trinajstić information content (AvgIpc) is 2.45. The second-order valence-electron chi connectivity index (χ2n) is 2.77. The third-order valence-electron chi connectivity index (χ3n) is 1.69. The molecule has 0 radical (unpaired) electrons. The predicted molar refractivity (Wildman–Crippen MR) is 57.8 cm³/mol. The van der Waals surface area contributed by atoms with E-state index in [0.717, 1.165) is 19.5 Å². The fourth-order valence-electron chi connectivity index (χ4n) is 1.06. The zero-order valence-electron chi connectivity index (χ0n) is 7.04. The summed E-state index contributed by atoms with van der Waals surface area (Å²) in [4.78, 5) is 0. The van der Waals surface area contributed by atoms with Crippen molar-refractivity contribution in [3.8, 4) is 0 Å². The maximum atomic E-state index is 5.39. The fourth-order valence-corrected chi connectivity index (χ4v) is 1.50. The third kappa shape index (κ3) is 3.53. The van der Waals surface area contributed by atoms with E-state index in [4.69, 9.17) is 5.73 Å². The summed E-state index contributed by atoms with van der Waals surface area (Å²) in [5, 5.41) is 4.19. The van der Waals surface area contributed by atoms with Gasteiger partial charge in [0.15, 0.2) is 0 Å². The third-order valence-corrected chi connectivity index (χ3v) is 2.25. The maximum absolute atomic E-state index is 5.39. The Morgan fingerprint density at radius 2 is 2.25 bits per heavy atom. The van der Waals surface area contributed by atoms with Crippen LogP contribution in [0.25, 0.3) is 0 Å². The number of hydrogen-bond acceptors (Lipinski definition) is 2. The Bertz CT molecular complexity index is 222. The molecule has 68 valence electrons. The zero-order chi connectivity index (χ0) is 8.81. The molecule has 1 aromatic rings.